The van der Waals surface area contributed by atoms with Gasteiger partial charge in [-0.15, -0.1) is 11.3 Å². The van der Waals surface area contributed by atoms with Crippen LogP contribution in [0.25, 0.3) is 10.2 Å². The average Bonchev–Trinajstić information content (AvgIpc) is 2.88. The summed E-state index contributed by atoms with van der Waals surface area (Å²) in [5.74, 6) is 0.0423. The van der Waals surface area contributed by atoms with Crippen LogP contribution in [0.5, 0.6) is 0 Å². The molecule has 1 atom stereocenters. The van der Waals surface area contributed by atoms with E-state index in [9.17, 15) is 14.4 Å². The highest BCUT2D eigenvalue weighted by Gasteiger charge is 2.17. The van der Waals surface area contributed by atoms with E-state index in [0.29, 0.717) is 21.3 Å². The van der Waals surface area contributed by atoms with Crippen molar-refractivity contribution in [1.82, 2.24) is 20.6 Å². The molecule has 0 unspecified atom stereocenters. The van der Waals surface area contributed by atoms with Crippen molar-refractivity contribution in [1.29, 1.82) is 0 Å². The number of imide groups is 1. The number of rotatable bonds is 7. The number of amides is 3. The number of nitrogens with one attached hydrogen (secondary N) is 3. The first kappa shape index (κ1) is 21.4. The molecule has 3 amide bonds. The number of fused-ring (bicyclic) bond motifs is 1. The number of urea groups is 1. The minimum absolute atomic E-state index is 0.00988. The summed E-state index contributed by atoms with van der Waals surface area (Å²) >= 11 is 2.60. The number of carbonyl (C=O) groups is 2. The molecule has 0 saturated carbocycles. The van der Waals surface area contributed by atoms with Crippen molar-refractivity contribution >= 4 is 45.3 Å². The van der Waals surface area contributed by atoms with Crippen LogP contribution in [0.15, 0.2) is 9.95 Å². The third-order valence-electron chi connectivity index (χ3n) is 4.10. The van der Waals surface area contributed by atoms with E-state index in [1.54, 1.807) is 13.8 Å². The fraction of sp³-hybridized carbons (Fsp3) is 0.556. The molecule has 0 spiro atoms. The molecule has 7 nitrogen and oxygen atoms in total. The summed E-state index contributed by atoms with van der Waals surface area (Å²) in [5, 5.41) is 5.86. The third kappa shape index (κ3) is 5.80. The molecule has 27 heavy (non-hydrogen) atoms. The summed E-state index contributed by atoms with van der Waals surface area (Å²) in [6.45, 7) is 9.93. The van der Waals surface area contributed by atoms with E-state index in [-0.39, 0.29) is 17.4 Å². The van der Waals surface area contributed by atoms with E-state index >= 15 is 0 Å². The number of aryl methyl sites for hydroxylation is 1. The second-order valence-corrected chi connectivity index (χ2v) is 9.04. The molecule has 0 bridgehead atoms. The number of aromatic amines is 1. The first-order valence-corrected chi connectivity index (χ1v) is 10.8. The molecule has 9 heteroatoms. The van der Waals surface area contributed by atoms with Crippen LogP contribution in [0.3, 0.4) is 0 Å². The predicted molar refractivity (Wildman–Crippen MR) is 111 cm³/mol. The molecule has 0 fully saturated rings. The zero-order chi connectivity index (χ0) is 20.1. The van der Waals surface area contributed by atoms with Crippen LogP contribution in [0.1, 0.15) is 44.6 Å². The van der Waals surface area contributed by atoms with Gasteiger partial charge in [-0.2, -0.15) is 0 Å². The van der Waals surface area contributed by atoms with Crippen molar-refractivity contribution in [3.8, 4) is 0 Å². The minimum atomic E-state index is -0.531. The normalized spacial score (nSPS) is 12.4. The van der Waals surface area contributed by atoms with E-state index < -0.39 is 11.9 Å². The lowest BCUT2D eigenvalue weighted by molar-refractivity contribution is -0.117. The molecule has 3 N–H and O–H groups in total. The third-order valence-corrected chi connectivity index (χ3v) is 6.02. The maximum Gasteiger partial charge on any atom is 0.321 e. The Balaban J connectivity index is 2.11. The maximum absolute atomic E-state index is 12.6. The number of aromatic nitrogens is 2. The Morgan fingerprint density at radius 2 is 2.00 bits per heavy atom. The minimum Gasteiger partial charge on any atom is -0.336 e. The number of thiophene rings is 1. The zero-order valence-electron chi connectivity index (χ0n) is 16.3. The van der Waals surface area contributed by atoms with Gasteiger partial charge in [-0.1, -0.05) is 32.0 Å². The fourth-order valence-corrected chi connectivity index (χ4v) is 4.33. The number of hydrogen-bond acceptors (Lipinski definition) is 6. The van der Waals surface area contributed by atoms with Crippen molar-refractivity contribution in [3.05, 3.63) is 20.8 Å². The molecule has 2 aromatic heterocycles. The Kier molecular flexibility index (Phi) is 7.43. The van der Waals surface area contributed by atoms with E-state index in [1.165, 1.54) is 11.3 Å². The van der Waals surface area contributed by atoms with Gasteiger partial charge in [0, 0.05) is 10.9 Å². The highest BCUT2D eigenvalue weighted by Crippen LogP contribution is 2.30. The first-order chi connectivity index (χ1) is 12.7. The van der Waals surface area contributed by atoms with Gasteiger partial charge in [0.25, 0.3) is 5.56 Å². The maximum atomic E-state index is 12.6. The van der Waals surface area contributed by atoms with Gasteiger partial charge in [0.2, 0.25) is 5.91 Å². The van der Waals surface area contributed by atoms with Gasteiger partial charge < -0.3 is 10.3 Å². The first-order valence-electron chi connectivity index (χ1n) is 8.96. The van der Waals surface area contributed by atoms with Crippen molar-refractivity contribution < 1.29 is 9.59 Å². The van der Waals surface area contributed by atoms with Gasteiger partial charge in [-0.3, -0.25) is 14.9 Å². The van der Waals surface area contributed by atoms with Crippen LogP contribution in [0.4, 0.5) is 4.79 Å². The van der Waals surface area contributed by atoms with Gasteiger partial charge in [-0.05, 0) is 38.7 Å². The molecule has 148 valence electrons. The highest BCUT2D eigenvalue weighted by molar-refractivity contribution is 7.99. The molecule has 0 saturated heterocycles. The summed E-state index contributed by atoms with van der Waals surface area (Å²) < 4.78 is 0. The molecular weight excluding hydrogens is 384 g/mol. The number of thioether (sulfide) groups is 1. The Morgan fingerprint density at radius 1 is 1.30 bits per heavy atom. The lowest BCUT2D eigenvalue weighted by Crippen LogP contribution is -2.43. The number of nitrogens with zero attached hydrogens (tertiary/aromatic N) is 1. The zero-order valence-corrected chi connectivity index (χ0v) is 17.9. The van der Waals surface area contributed by atoms with E-state index in [4.69, 9.17) is 0 Å². The predicted octanol–water partition coefficient (Wildman–Crippen LogP) is 3.21. The van der Waals surface area contributed by atoms with Crippen LogP contribution < -0.4 is 16.2 Å². The van der Waals surface area contributed by atoms with Gasteiger partial charge in [0.15, 0.2) is 5.16 Å². The molecular formula is C18H26N4O3S2. The molecule has 2 rings (SSSR count). The standard InChI is InChI=1S/C18H26N4O3S2/c1-6-10(4)7-12-11(5)27-16-14(12)15(24)21-18(22-16)26-8-13(23)20-17(25)19-9(2)3/h9-10H,6-8H2,1-5H3,(H,21,22,24)(H2,19,20,23,25)/t10-/m1/s1. The second kappa shape index (κ2) is 9.36. The number of carbonyl (C=O) groups excluding carboxylic acids is 2. The van der Waals surface area contributed by atoms with Crippen molar-refractivity contribution in [2.75, 3.05) is 5.75 Å². The van der Waals surface area contributed by atoms with Crippen LogP contribution in [-0.2, 0) is 11.2 Å². The summed E-state index contributed by atoms with van der Waals surface area (Å²) in [4.78, 5) is 45.0. The molecule has 2 heterocycles. The Morgan fingerprint density at radius 3 is 2.63 bits per heavy atom. The van der Waals surface area contributed by atoms with Crippen molar-refractivity contribution in [2.45, 2.75) is 58.7 Å². The van der Waals surface area contributed by atoms with Crippen molar-refractivity contribution in [2.24, 2.45) is 5.92 Å². The summed E-state index contributed by atoms with van der Waals surface area (Å²) in [7, 11) is 0. The second-order valence-electron chi connectivity index (χ2n) is 6.87. The Labute approximate surface area is 166 Å². The van der Waals surface area contributed by atoms with Gasteiger partial charge in [-0.25, -0.2) is 9.78 Å². The summed E-state index contributed by atoms with van der Waals surface area (Å²) in [5.41, 5.74) is 0.890. The molecule has 0 aliphatic heterocycles. The molecule has 0 aliphatic carbocycles. The van der Waals surface area contributed by atoms with E-state index in [2.05, 4.69) is 34.4 Å². The summed E-state index contributed by atoms with van der Waals surface area (Å²) in [6.07, 6.45) is 1.91. The quantitative estimate of drug-likeness (QED) is 0.480. The van der Waals surface area contributed by atoms with Crippen LogP contribution in [0.2, 0.25) is 0 Å². The largest absolute Gasteiger partial charge is 0.336 e. The molecule has 2 aromatic rings. The SMILES string of the molecule is CC[C@@H](C)Cc1c(C)sc2nc(SCC(=O)NC(=O)NC(C)C)[nH]c(=O)c12. The Bertz CT molecular complexity index is 889. The average molecular weight is 411 g/mol. The fourth-order valence-electron chi connectivity index (χ4n) is 2.56. The van der Waals surface area contributed by atoms with Crippen molar-refractivity contribution in [3.63, 3.8) is 0 Å². The smallest absolute Gasteiger partial charge is 0.321 e. The number of H-pyrrole nitrogens is 1. The van der Waals surface area contributed by atoms with Crippen LogP contribution >= 0.6 is 23.1 Å². The van der Waals surface area contributed by atoms with Crippen LogP contribution in [-0.4, -0.2) is 33.7 Å². The van der Waals surface area contributed by atoms with Crippen LogP contribution in [0, 0.1) is 12.8 Å². The molecule has 0 aromatic carbocycles. The van der Waals surface area contributed by atoms with Gasteiger partial charge in [0.1, 0.15) is 4.83 Å². The summed E-state index contributed by atoms with van der Waals surface area (Å²) in [6, 6.07) is -0.589. The van der Waals surface area contributed by atoms with Gasteiger partial charge >= 0.3 is 6.03 Å². The topological polar surface area (TPSA) is 104 Å². The number of hydrogen-bond donors (Lipinski definition) is 3. The van der Waals surface area contributed by atoms with Gasteiger partial charge in [0.05, 0.1) is 11.1 Å². The molecule has 0 aliphatic rings. The monoisotopic (exact) mass is 410 g/mol. The lowest BCUT2D eigenvalue weighted by atomic mass is 9.98. The Hall–Kier alpha value is -1.87. The van der Waals surface area contributed by atoms with E-state index in [1.807, 2.05) is 6.92 Å². The van der Waals surface area contributed by atoms with E-state index in [0.717, 1.165) is 35.0 Å². The molecule has 0 radical (unpaired) electrons. The highest BCUT2D eigenvalue weighted by atomic mass is 32.2. The lowest BCUT2D eigenvalue weighted by Gasteiger charge is -2.09.